The topological polar surface area (TPSA) is 64.0 Å². The number of hydrogen-bond donors (Lipinski definition) is 1. The second-order valence-electron chi connectivity index (χ2n) is 7.39. The van der Waals surface area contributed by atoms with Crippen molar-refractivity contribution >= 4 is 34.8 Å². The van der Waals surface area contributed by atoms with E-state index in [1.807, 2.05) is 52.7 Å². The molecule has 2 aromatic carbocycles. The Kier molecular flexibility index (Phi) is 5.06. The van der Waals surface area contributed by atoms with E-state index >= 15 is 0 Å². The molecule has 1 aliphatic rings. The van der Waals surface area contributed by atoms with Gasteiger partial charge in [0.1, 0.15) is 5.69 Å². The Morgan fingerprint density at radius 2 is 2.00 bits per heavy atom. The summed E-state index contributed by atoms with van der Waals surface area (Å²) >= 11 is 1.62. The molecule has 0 radical (unpaired) electrons. The standard InChI is InChI=1S/C25H19N3O2S/c29-22(18-8-10-21-20(13-18)14-24(30)26-21)11-9-19-16-28(15-17-5-2-1-3-6-17)27-25(19)23-7-4-12-31-23/h1-13,16H,14-15H2,(H,26,30)/b11-9+. The van der Waals surface area contributed by atoms with Gasteiger partial charge >= 0.3 is 0 Å². The minimum atomic E-state index is -0.102. The van der Waals surface area contributed by atoms with Gasteiger partial charge in [0.05, 0.1) is 17.8 Å². The molecule has 0 spiro atoms. The molecule has 5 nitrogen and oxygen atoms in total. The van der Waals surface area contributed by atoms with E-state index in [0.29, 0.717) is 18.5 Å². The fraction of sp³-hybridized carbons (Fsp3) is 0.0800. The van der Waals surface area contributed by atoms with Gasteiger partial charge in [0.15, 0.2) is 5.78 Å². The van der Waals surface area contributed by atoms with Gasteiger partial charge in [-0.2, -0.15) is 5.10 Å². The van der Waals surface area contributed by atoms with Gasteiger partial charge in [0.25, 0.3) is 0 Å². The third kappa shape index (κ3) is 4.11. The molecule has 0 aliphatic carbocycles. The number of benzene rings is 2. The minimum absolute atomic E-state index is 0.0402. The molecule has 0 fully saturated rings. The SMILES string of the molecule is O=C1Cc2cc(C(=O)/C=C/c3cn(Cc4ccccc4)nc3-c3cccs3)ccc2N1. The number of nitrogens with one attached hydrogen (secondary N) is 1. The molecule has 1 aliphatic heterocycles. The third-order valence-electron chi connectivity index (χ3n) is 5.16. The molecular formula is C25H19N3O2S. The largest absolute Gasteiger partial charge is 0.326 e. The molecule has 0 unspecified atom stereocenters. The van der Waals surface area contributed by atoms with Gasteiger partial charge in [-0.25, -0.2) is 0 Å². The first kappa shape index (κ1) is 19.2. The predicted molar refractivity (Wildman–Crippen MR) is 123 cm³/mol. The Hall–Kier alpha value is -3.77. The number of ketones is 1. The van der Waals surface area contributed by atoms with Crippen LogP contribution in [0.15, 0.2) is 78.3 Å². The lowest BCUT2D eigenvalue weighted by molar-refractivity contribution is -0.115. The summed E-state index contributed by atoms with van der Waals surface area (Å²) in [5, 5.41) is 9.58. The highest BCUT2D eigenvalue weighted by Gasteiger charge is 2.18. The molecule has 2 aromatic heterocycles. The Morgan fingerprint density at radius 3 is 2.81 bits per heavy atom. The van der Waals surface area contributed by atoms with Crippen LogP contribution in [0.5, 0.6) is 0 Å². The Bertz CT molecular complexity index is 1290. The first-order valence-corrected chi connectivity index (χ1v) is 10.8. The van der Waals surface area contributed by atoms with Gasteiger partial charge in [0.2, 0.25) is 5.91 Å². The van der Waals surface area contributed by atoms with E-state index in [2.05, 4.69) is 17.4 Å². The molecule has 0 saturated carbocycles. The highest BCUT2D eigenvalue weighted by molar-refractivity contribution is 7.13. The van der Waals surface area contributed by atoms with Crippen molar-refractivity contribution in [1.29, 1.82) is 0 Å². The first-order valence-electron chi connectivity index (χ1n) is 9.96. The van der Waals surface area contributed by atoms with Crippen LogP contribution >= 0.6 is 11.3 Å². The highest BCUT2D eigenvalue weighted by Crippen LogP contribution is 2.28. The molecule has 152 valence electrons. The number of rotatable bonds is 6. The maximum absolute atomic E-state index is 12.8. The number of nitrogens with zero attached hydrogens (tertiary/aromatic N) is 2. The van der Waals surface area contributed by atoms with E-state index in [1.165, 1.54) is 0 Å². The summed E-state index contributed by atoms with van der Waals surface area (Å²) in [5.74, 6) is -0.142. The van der Waals surface area contributed by atoms with Crippen molar-refractivity contribution in [2.24, 2.45) is 0 Å². The van der Waals surface area contributed by atoms with Crippen LogP contribution in [0.2, 0.25) is 0 Å². The van der Waals surface area contributed by atoms with Gasteiger partial charge in [-0.15, -0.1) is 11.3 Å². The maximum atomic E-state index is 12.8. The second-order valence-corrected chi connectivity index (χ2v) is 8.34. The average molecular weight is 426 g/mol. The molecule has 1 amide bonds. The predicted octanol–water partition coefficient (Wildman–Crippen LogP) is 5.05. The van der Waals surface area contributed by atoms with E-state index in [9.17, 15) is 9.59 Å². The van der Waals surface area contributed by atoms with Gasteiger partial charge in [-0.05, 0) is 52.9 Å². The minimum Gasteiger partial charge on any atom is -0.326 e. The summed E-state index contributed by atoms with van der Waals surface area (Å²) < 4.78 is 1.90. The number of allylic oxidation sites excluding steroid dienone is 1. The Morgan fingerprint density at radius 1 is 1.13 bits per heavy atom. The van der Waals surface area contributed by atoms with Gasteiger partial charge in [0, 0.05) is 23.0 Å². The summed E-state index contributed by atoms with van der Waals surface area (Å²) in [6, 6.07) is 19.5. The molecule has 0 atom stereocenters. The van der Waals surface area contributed by atoms with Crippen LogP contribution < -0.4 is 5.32 Å². The zero-order valence-corrected chi connectivity index (χ0v) is 17.4. The monoisotopic (exact) mass is 425 g/mol. The van der Waals surface area contributed by atoms with Crippen LogP contribution in [0.25, 0.3) is 16.6 Å². The van der Waals surface area contributed by atoms with Gasteiger partial charge in [-0.1, -0.05) is 36.4 Å². The van der Waals surface area contributed by atoms with Crippen molar-refractivity contribution < 1.29 is 9.59 Å². The summed E-state index contributed by atoms with van der Waals surface area (Å²) in [6.07, 6.45) is 5.68. The molecule has 4 aromatic rings. The zero-order valence-electron chi connectivity index (χ0n) is 16.6. The lowest BCUT2D eigenvalue weighted by atomic mass is 10.0. The molecule has 1 N–H and O–H groups in total. The summed E-state index contributed by atoms with van der Waals surface area (Å²) in [7, 11) is 0. The number of anilines is 1. The number of amides is 1. The summed E-state index contributed by atoms with van der Waals surface area (Å²) in [6.45, 7) is 0.660. The van der Waals surface area contributed by atoms with Crippen molar-refractivity contribution in [2.75, 3.05) is 5.32 Å². The fourth-order valence-electron chi connectivity index (χ4n) is 3.66. The molecule has 5 rings (SSSR count). The molecule has 6 heteroatoms. The first-order chi connectivity index (χ1) is 15.2. The zero-order chi connectivity index (χ0) is 21.2. The number of carbonyl (C=O) groups excluding carboxylic acids is 2. The molecule has 0 bridgehead atoms. The van der Waals surface area contributed by atoms with Crippen LogP contribution in [-0.4, -0.2) is 21.5 Å². The maximum Gasteiger partial charge on any atom is 0.228 e. The summed E-state index contributed by atoms with van der Waals surface area (Å²) in [5.41, 5.74) is 5.13. The normalized spacial score (nSPS) is 12.8. The van der Waals surface area contributed by atoms with Crippen molar-refractivity contribution in [3.63, 3.8) is 0 Å². The fourth-order valence-corrected chi connectivity index (χ4v) is 4.39. The molecular weight excluding hydrogens is 406 g/mol. The van der Waals surface area contributed by atoms with E-state index in [4.69, 9.17) is 5.10 Å². The van der Waals surface area contributed by atoms with Crippen LogP contribution in [0.3, 0.4) is 0 Å². The number of thiophene rings is 1. The Balaban J connectivity index is 1.42. The second kappa shape index (κ2) is 8.16. The van der Waals surface area contributed by atoms with Crippen LogP contribution in [0.1, 0.15) is 27.0 Å². The molecule has 3 heterocycles. The molecule has 31 heavy (non-hydrogen) atoms. The average Bonchev–Trinajstić information content (AvgIpc) is 3.51. The smallest absolute Gasteiger partial charge is 0.228 e. The van der Waals surface area contributed by atoms with Gasteiger partial charge in [-0.3, -0.25) is 14.3 Å². The summed E-state index contributed by atoms with van der Waals surface area (Å²) in [4.78, 5) is 25.4. The van der Waals surface area contributed by atoms with Crippen molar-refractivity contribution in [2.45, 2.75) is 13.0 Å². The number of aromatic nitrogens is 2. The van der Waals surface area contributed by atoms with Gasteiger partial charge < -0.3 is 5.32 Å². The van der Waals surface area contributed by atoms with E-state index in [0.717, 1.165) is 32.9 Å². The van der Waals surface area contributed by atoms with Crippen molar-refractivity contribution in [3.8, 4) is 10.6 Å². The Labute approximate surface area is 183 Å². The van der Waals surface area contributed by atoms with E-state index in [1.54, 1.807) is 35.6 Å². The highest BCUT2D eigenvalue weighted by atomic mass is 32.1. The van der Waals surface area contributed by atoms with Crippen LogP contribution in [-0.2, 0) is 17.8 Å². The number of fused-ring (bicyclic) bond motifs is 1. The van der Waals surface area contributed by atoms with Crippen molar-refractivity contribution in [1.82, 2.24) is 9.78 Å². The lowest BCUT2D eigenvalue weighted by Gasteiger charge is -2.01. The number of hydrogen-bond acceptors (Lipinski definition) is 4. The third-order valence-corrected chi connectivity index (χ3v) is 6.04. The van der Waals surface area contributed by atoms with Crippen molar-refractivity contribution in [3.05, 3.63) is 101 Å². The number of carbonyl (C=O) groups is 2. The van der Waals surface area contributed by atoms with Crippen LogP contribution in [0, 0.1) is 0 Å². The van der Waals surface area contributed by atoms with E-state index < -0.39 is 0 Å². The lowest BCUT2D eigenvalue weighted by Crippen LogP contribution is -2.03. The quantitative estimate of drug-likeness (QED) is 0.347. The van der Waals surface area contributed by atoms with Crippen LogP contribution in [0.4, 0.5) is 5.69 Å². The molecule has 0 saturated heterocycles. The van der Waals surface area contributed by atoms with E-state index in [-0.39, 0.29) is 11.7 Å².